The van der Waals surface area contributed by atoms with Gasteiger partial charge in [0.1, 0.15) is 0 Å². The van der Waals surface area contributed by atoms with Crippen LogP contribution in [0.25, 0.3) is 0 Å². The summed E-state index contributed by atoms with van der Waals surface area (Å²) in [4.78, 5) is 0. The van der Waals surface area contributed by atoms with Crippen molar-refractivity contribution in [2.24, 2.45) is 0 Å². The molecule has 18 heavy (non-hydrogen) atoms. The molecule has 0 bridgehead atoms. The maximum absolute atomic E-state index is 3.79. The summed E-state index contributed by atoms with van der Waals surface area (Å²) in [5.74, 6) is 1.36. The minimum atomic E-state index is 0.583. The van der Waals surface area contributed by atoms with E-state index in [0.717, 1.165) is 5.25 Å². The van der Waals surface area contributed by atoms with Gasteiger partial charge in [-0.25, -0.2) is 0 Å². The normalized spacial score (nSPS) is 27.2. The van der Waals surface area contributed by atoms with Gasteiger partial charge in [0.2, 0.25) is 0 Å². The van der Waals surface area contributed by atoms with E-state index in [0.29, 0.717) is 6.04 Å². The lowest BCUT2D eigenvalue weighted by Crippen LogP contribution is -2.29. The Kier molecular flexibility index (Phi) is 4.32. The number of rotatable bonds is 3. The van der Waals surface area contributed by atoms with E-state index in [9.17, 15) is 0 Å². The molecule has 1 aromatic carbocycles. The van der Waals surface area contributed by atoms with Crippen molar-refractivity contribution in [3.05, 3.63) is 33.8 Å². The SMILES string of the molecule is Brc1cccc2c1CCC2NCC1CCCCS1. The third-order valence-electron chi connectivity index (χ3n) is 4.08. The molecule has 1 heterocycles. The lowest BCUT2D eigenvalue weighted by molar-refractivity contribution is 0.508. The molecule has 1 aliphatic carbocycles. The van der Waals surface area contributed by atoms with Crippen molar-refractivity contribution in [3.63, 3.8) is 0 Å². The molecule has 1 N–H and O–H groups in total. The first kappa shape index (κ1) is 13.0. The average Bonchev–Trinajstić information content (AvgIpc) is 2.82. The standard InChI is InChI=1S/C15H20BrNS/c16-14-6-3-5-13-12(14)7-8-15(13)17-10-11-4-1-2-9-18-11/h3,5-6,11,15,17H,1-2,4,7-10H2. The molecule has 0 radical (unpaired) electrons. The lowest BCUT2D eigenvalue weighted by Gasteiger charge is -2.24. The highest BCUT2D eigenvalue weighted by Gasteiger charge is 2.24. The Morgan fingerprint density at radius 1 is 1.28 bits per heavy atom. The van der Waals surface area contributed by atoms with Crippen molar-refractivity contribution < 1.29 is 0 Å². The molecular weight excluding hydrogens is 306 g/mol. The van der Waals surface area contributed by atoms with Crippen LogP contribution in [0.2, 0.25) is 0 Å². The number of fused-ring (bicyclic) bond motifs is 1. The quantitative estimate of drug-likeness (QED) is 0.888. The molecule has 0 aromatic heterocycles. The first-order valence-corrected chi connectivity index (χ1v) is 8.81. The predicted molar refractivity (Wildman–Crippen MR) is 83.3 cm³/mol. The number of thioether (sulfide) groups is 1. The van der Waals surface area contributed by atoms with Gasteiger partial charge in [0, 0.05) is 22.3 Å². The molecule has 1 aliphatic heterocycles. The van der Waals surface area contributed by atoms with Crippen LogP contribution in [0.5, 0.6) is 0 Å². The van der Waals surface area contributed by atoms with Gasteiger partial charge < -0.3 is 5.32 Å². The van der Waals surface area contributed by atoms with Crippen LogP contribution in [0.15, 0.2) is 22.7 Å². The Hall–Kier alpha value is 0.01000. The van der Waals surface area contributed by atoms with E-state index in [-0.39, 0.29) is 0 Å². The number of benzene rings is 1. The summed E-state index contributed by atoms with van der Waals surface area (Å²) < 4.78 is 1.29. The van der Waals surface area contributed by atoms with Gasteiger partial charge in [0.15, 0.2) is 0 Å². The summed E-state index contributed by atoms with van der Waals surface area (Å²) in [6.07, 6.45) is 6.71. The van der Waals surface area contributed by atoms with E-state index in [4.69, 9.17) is 0 Å². The van der Waals surface area contributed by atoms with Crippen molar-refractivity contribution in [2.75, 3.05) is 12.3 Å². The van der Waals surface area contributed by atoms with Crippen LogP contribution in [0.1, 0.15) is 42.9 Å². The van der Waals surface area contributed by atoms with Crippen LogP contribution in [-0.4, -0.2) is 17.5 Å². The summed E-state index contributed by atoms with van der Waals surface area (Å²) in [5.41, 5.74) is 3.04. The van der Waals surface area contributed by atoms with Gasteiger partial charge in [-0.15, -0.1) is 0 Å². The van der Waals surface area contributed by atoms with Gasteiger partial charge in [-0.2, -0.15) is 11.8 Å². The van der Waals surface area contributed by atoms with E-state index in [1.165, 1.54) is 60.0 Å². The van der Waals surface area contributed by atoms with Gasteiger partial charge in [-0.1, -0.05) is 34.5 Å². The molecule has 0 spiro atoms. The van der Waals surface area contributed by atoms with Crippen molar-refractivity contribution in [2.45, 2.75) is 43.4 Å². The maximum Gasteiger partial charge on any atom is 0.0327 e. The van der Waals surface area contributed by atoms with Gasteiger partial charge in [0.25, 0.3) is 0 Å². The first-order valence-electron chi connectivity index (χ1n) is 6.97. The summed E-state index contributed by atoms with van der Waals surface area (Å²) in [6, 6.07) is 7.20. The minimum absolute atomic E-state index is 0.583. The molecule has 2 aliphatic rings. The minimum Gasteiger partial charge on any atom is -0.309 e. The van der Waals surface area contributed by atoms with Crippen LogP contribution in [0.4, 0.5) is 0 Å². The van der Waals surface area contributed by atoms with Gasteiger partial charge in [-0.05, 0) is 48.6 Å². The largest absolute Gasteiger partial charge is 0.309 e. The lowest BCUT2D eigenvalue weighted by atomic mass is 10.1. The van der Waals surface area contributed by atoms with E-state index in [2.05, 4.69) is 51.2 Å². The number of halogens is 1. The van der Waals surface area contributed by atoms with Crippen molar-refractivity contribution in [1.29, 1.82) is 0 Å². The van der Waals surface area contributed by atoms with E-state index >= 15 is 0 Å². The predicted octanol–water partition coefficient (Wildman–Crippen LogP) is 4.31. The second-order valence-electron chi connectivity index (χ2n) is 5.30. The average molecular weight is 326 g/mol. The third-order valence-corrected chi connectivity index (χ3v) is 6.22. The fourth-order valence-corrected chi connectivity index (χ4v) is 4.90. The van der Waals surface area contributed by atoms with Crippen molar-refractivity contribution in [1.82, 2.24) is 5.32 Å². The fourth-order valence-electron chi connectivity index (χ4n) is 3.06. The van der Waals surface area contributed by atoms with Crippen LogP contribution >= 0.6 is 27.7 Å². The molecular formula is C15H20BrNS. The Labute approximate surface area is 122 Å². The van der Waals surface area contributed by atoms with Crippen molar-refractivity contribution >= 4 is 27.7 Å². The Morgan fingerprint density at radius 2 is 2.22 bits per heavy atom. The highest BCUT2D eigenvalue weighted by molar-refractivity contribution is 9.10. The van der Waals surface area contributed by atoms with E-state index in [1.54, 1.807) is 0 Å². The van der Waals surface area contributed by atoms with Crippen LogP contribution in [0.3, 0.4) is 0 Å². The molecule has 2 atom stereocenters. The van der Waals surface area contributed by atoms with Gasteiger partial charge in [0.05, 0.1) is 0 Å². The van der Waals surface area contributed by atoms with E-state index in [1.807, 2.05) is 0 Å². The topological polar surface area (TPSA) is 12.0 Å². The maximum atomic E-state index is 3.79. The number of hydrogen-bond acceptors (Lipinski definition) is 2. The molecule has 1 fully saturated rings. The summed E-state index contributed by atoms with van der Waals surface area (Å²) in [7, 11) is 0. The first-order chi connectivity index (χ1) is 8.84. The number of nitrogens with one attached hydrogen (secondary N) is 1. The Bertz CT molecular complexity index is 415. The van der Waals surface area contributed by atoms with Crippen LogP contribution in [-0.2, 0) is 6.42 Å². The molecule has 1 aromatic rings. The highest BCUT2D eigenvalue weighted by atomic mass is 79.9. The molecule has 98 valence electrons. The molecule has 3 rings (SSSR count). The Morgan fingerprint density at radius 3 is 3.06 bits per heavy atom. The smallest absolute Gasteiger partial charge is 0.0327 e. The third kappa shape index (κ3) is 2.78. The van der Waals surface area contributed by atoms with Gasteiger partial charge in [-0.3, -0.25) is 0 Å². The Balaban J connectivity index is 1.60. The van der Waals surface area contributed by atoms with Crippen LogP contribution < -0.4 is 5.32 Å². The molecule has 2 unspecified atom stereocenters. The summed E-state index contributed by atoms with van der Waals surface area (Å²) >= 11 is 5.83. The van der Waals surface area contributed by atoms with E-state index < -0.39 is 0 Å². The summed E-state index contributed by atoms with van der Waals surface area (Å²) in [5, 5.41) is 4.64. The molecule has 0 amide bonds. The second kappa shape index (κ2) is 5.98. The van der Waals surface area contributed by atoms with Gasteiger partial charge >= 0.3 is 0 Å². The zero-order valence-electron chi connectivity index (χ0n) is 10.6. The van der Waals surface area contributed by atoms with Crippen molar-refractivity contribution in [3.8, 4) is 0 Å². The second-order valence-corrected chi connectivity index (χ2v) is 7.56. The monoisotopic (exact) mass is 325 g/mol. The fraction of sp³-hybridized carbons (Fsp3) is 0.600. The molecule has 1 nitrogen and oxygen atoms in total. The summed E-state index contributed by atoms with van der Waals surface area (Å²) in [6.45, 7) is 1.18. The highest BCUT2D eigenvalue weighted by Crippen LogP contribution is 2.36. The molecule has 1 saturated heterocycles. The molecule has 0 saturated carbocycles. The zero-order chi connectivity index (χ0) is 12.4. The number of hydrogen-bond donors (Lipinski definition) is 1. The molecule has 3 heteroatoms. The van der Waals surface area contributed by atoms with Crippen LogP contribution in [0, 0.1) is 0 Å². The zero-order valence-corrected chi connectivity index (χ0v) is 13.0.